The summed E-state index contributed by atoms with van der Waals surface area (Å²) < 4.78 is 26.5. The highest BCUT2D eigenvalue weighted by molar-refractivity contribution is 8.00. The highest BCUT2D eigenvalue weighted by Gasteiger charge is 2.17. The minimum Gasteiger partial charge on any atom is -0.496 e. The Morgan fingerprint density at radius 3 is 2.72 bits per heavy atom. The Morgan fingerprint density at radius 1 is 1.13 bits per heavy atom. The number of nitrogens with one attached hydrogen (secondary N) is 3. The van der Waals surface area contributed by atoms with Crippen LogP contribution in [0.5, 0.6) is 11.5 Å². The van der Waals surface area contributed by atoms with Crippen molar-refractivity contribution >= 4 is 40.7 Å². The van der Waals surface area contributed by atoms with Crippen LogP contribution in [-0.2, 0) is 29.0 Å². The maximum atomic E-state index is 11.5. The van der Waals surface area contributed by atoms with Gasteiger partial charge < -0.3 is 28.8 Å². The zero-order valence-electron chi connectivity index (χ0n) is 21.6. The van der Waals surface area contributed by atoms with Crippen molar-refractivity contribution in [1.82, 2.24) is 25.7 Å². The average Bonchev–Trinajstić information content (AvgIpc) is 3.59. The predicted octanol–water partition coefficient (Wildman–Crippen LogP) is 2.99. The van der Waals surface area contributed by atoms with Crippen molar-refractivity contribution in [2.75, 3.05) is 25.5 Å². The smallest absolute Gasteiger partial charge is 0.407 e. The van der Waals surface area contributed by atoms with E-state index in [2.05, 4.69) is 32.0 Å². The Hall–Kier alpha value is -4.43. The maximum Gasteiger partial charge on any atom is 0.407 e. The standard InChI is InChI=1S/C25H29N7O6S/c1-4-15-5-6-18(37-14-22(33)29-26)21(9-15)39-31-24-23-19(35-2)7-16(8-20(23)38-30-24)12-32-13-17(11-28-32)10-27-25(34)36-3/h5-9,11,13H,4,10,12,14,26H2,1-3H3,(H,27,34)(H,29,33)(H,30,31). The molecule has 13 nitrogen and oxygen atoms in total. The van der Waals surface area contributed by atoms with Crippen molar-refractivity contribution in [2.24, 2.45) is 5.84 Å². The molecule has 4 rings (SSSR count). The Balaban J connectivity index is 1.50. The number of hydrazine groups is 1. The normalized spacial score (nSPS) is 10.8. The molecule has 2 aromatic heterocycles. The van der Waals surface area contributed by atoms with Crippen LogP contribution in [0.15, 0.2) is 52.1 Å². The van der Waals surface area contributed by atoms with Crippen molar-refractivity contribution in [1.29, 1.82) is 0 Å². The van der Waals surface area contributed by atoms with Crippen molar-refractivity contribution < 1.29 is 28.3 Å². The number of alkyl carbamates (subject to hydrolysis) is 1. The van der Waals surface area contributed by atoms with Crippen LogP contribution in [0, 0.1) is 0 Å². The van der Waals surface area contributed by atoms with E-state index in [1.165, 1.54) is 19.1 Å². The molecule has 206 valence electrons. The lowest BCUT2D eigenvalue weighted by molar-refractivity contribution is -0.123. The zero-order chi connectivity index (χ0) is 27.8. The number of nitrogens with two attached hydrogens (primary N) is 1. The van der Waals surface area contributed by atoms with E-state index in [4.69, 9.17) is 19.8 Å². The third-order valence-corrected chi connectivity index (χ3v) is 6.50. The van der Waals surface area contributed by atoms with Crippen molar-refractivity contribution in [3.63, 3.8) is 0 Å². The molecule has 5 N–H and O–H groups in total. The second-order valence-electron chi connectivity index (χ2n) is 8.29. The highest BCUT2D eigenvalue weighted by atomic mass is 32.2. The molecule has 0 aliphatic heterocycles. The van der Waals surface area contributed by atoms with Crippen LogP contribution >= 0.6 is 11.9 Å². The number of anilines is 1. The van der Waals surface area contributed by atoms with Gasteiger partial charge in [-0.25, -0.2) is 10.6 Å². The fraction of sp³-hybridized carbons (Fsp3) is 0.280. The van der Waals surface area contributed by atoms with Gasteiger partial charge in [0.1, 0.15) is 16.9 Å². The highest BCUT2D eigenvalue weighted by Crippen LogP contribution is 2.37. The molecule has 0 saturated carbocycles. The van der Waals surface area contributed by atoms with Crippen molar-refractivity contribution in [3.05, 3.63) is 59.4 Å². The first-order chi connectivity index (χ1) is 18.9. The third-order valence-electron chi connectivity index (χ3n) is 5.67. The predicted molar refractivity (Wildman–Crippen MR) is 144 cm³/mol. The van der Waals surface area contributed by atoms with Gasteiger partial charge in [0.05, 0.1) is 31.9 Å². The first-order valence-corrected chi connectivity index (χ1v) is 12.7. The van der Waals surface area contributed by atoms with Gasteiger partial charge in [0.15, 0.2) is 18.0 Å². The Kier molecular flexibility index (Phi) is 9.12. The molecule has 0 aliphatic rings. The van der Waals surface area contributed by atoms with Crippen LogP contribution in [-0.4, -0.2) is 47.8 Å². The molecular formula is C25H29N7O6S. The van der Waals surface area contributed by atoms with E-state index in [0.29, 0.717) is 41.4 Å². The number of rotatable bonds is 12. The van der Waals surface area contributed by atoms with Gasteiger partial charge in [0, 0.05) is 18.3 Å². The molecule has 0 fully saturated rings. The zero-order valence-corrected chi connectivity index (χ0v) is 22.5. The van der Waals surface area contributed by atoms with Crippen LogP contribution in [0.4, 0.5) is 10.6 Å². The molecule has 4 aromatic rings. The second kappa shape index (κ2) is 12.9. The quantitative estimate of drug-likeness (QED) is 0.0878. The maximum absolute atomic E-state index is 11.5. The number of ether oxygens (including phenoxy) is 3. The minimum atomic E-state index is -0.508. The number of methoxy groups -OCH3 is 2. The van der Waals surface area contributed by atoms with E-state index in [-0.39, 0.29) is 6.61 Å². The number of carbonyl (C=O) groups excluding carboxylic acids is 2. The lowest BCUT2D eigenvalue weighted by Crippen LogP contribution is -2.34. The molecule has 0 aliphatic carbocycles. The van der Waals surface area contributed by atoms with Gasteiger partial charge >= 0.3 is 6.09 Å². The molecule has 2 amide bonds. The van der Waals surface area contributed by atoms with E-state index in [9.17, 15) is 9.59 Å². The number of carbonyl (C=O) groups is 2. The molecule has 0 radical (unpaired) electrons. The third kappa shape index (κ3) is 6.91. The van der Waals surface area contributed by atoms with Gasteiger partial charge in [-0.2, -0.15) is 5.10 Å². The average molecular weight is 556 g/mol. The van der Waals surface area contributed by atoms with E-state index in [1.807, 2.05) is 42.0 Å². The van der Waals surface area contributed by atoms with Gasteiger partial charge in [-0.1, -0.05) is 18.1 Å². The van der Waals surface area contributed by atoms with Crippen LogP contribution in [0.3, 0.4) is 0 Å². The molecular weight excluding hydrogens is 526 g/mol. The fourth-order valence-corrected chi connectivity index (χ4v) is 4.47. The summed E-state index contributed by atoms with van der Waals surface area (Å²) >= 11 is 1.28. The number of hydrogen-bond donors (Lipinski definition) is 4. The molecule has 0 spiro atoms. The molecule has 14 heteroatoms. The van der Waals surface area contributed by atoms with Gasteiger partial charge in [-0.3, -0.25) is 14.9 Å². The van der Waals surface area contributed by atoms with Crippen molar-refractivity contribution in [2.45, 2.75) is 31.3 Å². The lowest BCUT2D eigenvalue weighted by Gasteiger charge is -2.12. The van der Waals surface area contributed by atoms with Crippen LogP contribution in [0.1, 0.15) is 23.6 Å². The SMILES string of the molecule is CCc1ccc(OCC(=O)NN)c(SNc2noc3cc(Cn4cc(CNC(=O)OC)cn4)cc(OC)c23)c1. The van der Waals surface area contributed by atoms with Gasteiger partial charge in [-0.15, -0.1) is 0 Å². The molecule has 0 bridgehead atoms. The number of fused-ring (bicyclic) bond motifs is 1. The van der Waals surface area contributed by atoms with E-state index in [0.717, 1.165) is 28.0 Å². The minimum absolute atomic E-state index is 0.210. The summed E-state index contributed by atoms with van der Waals surface area (Å²) in [6.45, 7) is 2.59. The number of amides is 2. The first-order valence-electron chi connectivity index (χ1n) is 11.9. The lowest BCUT2D eigenvalue weighted by atomic mass is 10.1. The Morgan fingerprint density at radius 2 is 1.97 bits per heavy atom. The number of aryl methyl sites for hydroxylation is 1. The number of nitrogens with zero attached hydrogens (tertiary/aromatic N) is 3. The molecule has 0 atom stereocenters. The second-order valence-corrected chi connectivity index (χ2v) is 9.14. The number of hydrogen-bond acceptors (Lipinski definition) is 11. The van der Waals surface area contributed by atoms with Gasteiger partial charge in [0.25, 0.3) is 5.91 Å². The van der Waals surface area contributed by atoms with Crippen molar-refractivity contribution in [3.8, 4) is 11.5 Å². The number of aromatic nitrogens is 3. The summed E-state index contributed by atoms with van der Waals surface area (Å²) in [6.07, 6.45) is 3.83. The summed E-state index contributed by atoms with van der Waals surface area (Å²) in [5, 5.41) is 11.8. The molecule has 0 unspecified atom stereocenters. The molecule has 2 heterocycles. The summed E-state index contributed by atoms with van der Waals surface area (Å²) in [5.41, 5.74) is 5.40. The molecule has 2 aromatic carbocycles. The van der Waals surface area contributed by atoms with Crippen LogP contribution in [0.2, 0.25) is 0 Å². The van der Waals surface area contributed by atoms with E-state index < -0.39 is 12.0 Å². The van der Waals surface area contributed by atoms with Crippen LogP contribution < -0.4 is 30.8 Å². The number of benzene rings is 2. The molecule has 39 heavy (non-hydrogen) atoms. The Labute approximate surface area is 228 Å². The molecule has 0 saturated heterocycles. The summed E-state index contributed by atoms with van der Waals surface area (Å²) in [7, 11) is 2.89. The van der Waals surface area contributed by atoms with E-state index in [1.54, 1.807) is 18.0 Å². The van der Waals surface area contributed by atoms with Gasteiger partial charge in [-0.05, 0) is 53.8 Å². The van der Waals surface area contributed by atoms with Crippen LogP contribution in [0.25, 0.3) is 11.0 Å². The largest absolute Gasteiger partial charge is 0.496 e. The first kappa shape index (κ1) is 27.6. The summed E-state index contributed by atoms with van der Waals surface area (Å²) in [6, 6.07) is 9.48. The van der Waals surface area contributed by atoms with Gasteiger partial charge in [0.2, 0.25) is 0 Å². The fourth-order valence-electron chi connectivity index (χ4n) is 3.69. The summed E-state index contributed by atoms with van der Waals surface area (Å²) in [4.78, 5) is 23.6. The summed E-state index contributed by atoms with van der Waals surface area (Å²) in [5.74, 6) is 6.29. The Bertz CT molecular complexity index is 1450. The monoisotopic (exact) mass is 555 g/mol. The van der Waals surface area contributed by atoms with E-state index >= 15 is 0 Å². The topological polar surface area (TPSA) is 168 Å².